The zero-order valence-electron chi connectivity index (χ0n) is 12.6. The molecule has 9 heteroatoms. The highest BCUT2D eigenvalue weighted by molar-refractivity contribution is 6.03. The summed E-state index contributed by atoms with van der Waals surface area (Å²) in [5, 5.41) is 17.9. The Morgan fingerprint density at radius 1 is 1.04 bits per heavy atom. The van der Waals surface area contributed by atoms with Gasteiger partial charge in [0.05, 0.1) is 16.7 Å². The van der Waals surface area contributed by atoms with Crippen LogP contribution < -0.4 is 0 Å². The van der Waals surface area contributed by atoms with Crippen LogP contribution in [0.25, 0.3) is 0 Å². The minimum atomic E-state index is -1.49. The molecular weight excluding hydrogens is 324 g/mol. The van der Waals surface area contributed by atoms with E-state index in [-0.39, 0.29) is 24.4 Å². The lowest BCUT2D eigenvalue weighted by Crippen LogP contribution is -2.15. The van der Waals surface area contributed by atoms with E-state index in [9.17, 15) is 19.2 Å². The standard InChI is InChI=1S/C15H14O9/c1-8(2)14(20)24-23-6-5-22-15(21)9-3-4-10(12(16)17)11(7-9)13(18)19/h3-4,7H,1,5-6H2,2H3,(H,16,17)(H,18,19). The first kappa shape index (κ1) is 18.8. The SMILES string of the molecule is C=C(C)C(=O)OOCCOC(=O)c1ccc(C(=O)O)c(C(=O)O)c1. The van der Waals surface area contributed by atoms with Crippen molar-refractivity contribution in [1.82, 2.24) is 0 Å². The van der Waals surface area contributed by atoms with Crippen molar-refractivity contribution in [1.29, 1.82) is 0 Å². The van der Waals surface area contributed by atoms with Crippen molar-refractivity contribution in [3.05, 3.63) is 47.0 Å². The van der Waals surface area contributed by atoms with E-state index in [0.29, 0.717) is 0 Å². The van der Waals surface area contributed by atoms with Crippen LogP contribution in [0.4, 0.5) is 0 Å². The van der Waals surface area contributed by atoms with E-state index >= 15 is 0 Å². The first-order chi connectivity index (χ1) is 11.2. The third-order valence-electron chi connectivity index (χ3n) is 2.60. The van der Waals surface area contributed by atoms with Gasteiger partial charge in [0.2, 0.25) is 0 Å². The maximum absolute atomic E-state index is 11.8. The first-order valence-electron chi connectivity index (χ1n) is 6.51. The molecule has 0 radical (unpaired) electrons. The van der Waals surface area contributed by atoms with Gasteiger partial charge in [-0.2, -0.15) is 4.89 Å². The topological polar surface area (TPSA) is 136 Å². The lowest BCUT2D eigenvalue weighted by molar-refractivity contribution is -0.271. The van der Waals surface area contributed by atoms with E-state index in [1.165, 1.54) is 6.92 Å². The molecular formula is C15H14O9. The quantitative estimate of drug-likeness (QED) is 0.236. The van der Waals surface area contributed by atoms with Crippen LogP contribution in [0.1, 0.15) is 38.0 Å². The summed E-state index contributed by atoms with van der Waals surface area (Å²) < 4.78 is 4.79. The van der Waals surface area contributed by atoms with Crippen molar-refractivity contribution in [2.75, 3.05) is 13.2 Å². The second kappa shape index (κ2) is 8.44. The molecule has 0 unspecified atom stereocenters. The normalized spacial score (nSPS) is 9.88. The molecule has 24 heavy (non-hydrogen) atoms. The molecule has 1 rings (SSSR count). The molecule has 2 N–H and O–H groups in total. The van der Waals surface area contributed by atoms with Gasteiger partial charge in [-0.3, -0.25) is 4.89 Å². The van der Waals surface area contributed by atoms with Crippen LogP contribution in [0.2, 0.25) is 0 Å². The fraction of sp³-hybridized carbons (Fsp3) is 0.200. The van der Waals surface area contributed by atoms with Crippen molar-refractivity contribution in [2.45, 2.75) is 6.92 Å². The highest BCUT2D eigenvalue weighted by Gasteiger charge is 2.19. The Bertz CT molecular complexity index is 690. The molecule has 1 aromatic carbocycles. The Morgan fingerprint density at radius 3 is 2.21 bits per heavy atom. The van der Waals surface area contributed by atoms with E-state index < -0.39 is 35.0 Å². The molecule has 0 spiro atoms. The number of aromatic carboxylic acids is 2. The molecule has 0 aliphatic carbocycles. The predicted octanol–water partition coefficient (Wildman–Crippen LogP) is 1.29. The van der Waals surface area contributed by atoms with Crippen LogP contribution in [0.5, 0.6) is 0 Å². The van der Waals surface area contributed by atoms with Gasteiger partial charge in [0.1, 0.15) is 13.2 Å². The van der Waals surface area contributed by atoms with Gasteiger partial charge < -0.3 is 14.9 Å². The molecule has 0 bridgehead atoms. The molecule has 0 fully saturated rings. The van der Waals surface area contributed by atoms with Crippen LogP contribution in [-0.4, -0.2) is 47.3 Å². The molecule has 0 atom stereocenters. The molecule has 0 saturated carbocycles. The van der Waals surface area contributed by atoms with Crippen molar-refractivity contribution in [2.24, 2.45) is 0 Å². The van der Waals surface area contributed by atoms with Crippen molar-refractivity contribution in [3.8, 4) is 0 Å². The van der Waals surface area contributed by atoms with Crippen LogP contribution in [0, 0.1) is 0 Å². The van der Waals surface area contributed by atoms with Crippen molar-refractivity contribution < 1.29 is 43.9 Å². The Kier molecular flexibility index (Phi) is 6.63. The second-order valence-corrected chi connectivity index (χ2v) is 4.48. The van der Waals surface area contributed by atoms with Crippen LogP contribution in [0.3, 0.4) is 0 Å². The van der Waals surface area contributed by atoms with E-state index in [4.69, 9.17) is 14.9 Å². The highest BCUT2D eigenvalue weighted by Crippen LogP contribution is 2.13. The van der Waals surface area contributed by atoms with Crippen LogP contribution in [-0.2, 0) is 19.3 Å². The summed E-state index contributed by atoms with van der Waals surface area (Å²) in [6, 6.07) is 3.02. The average molecular weight is 338 g/mol. The number of carbonyl (C=O) groups excluding carboxylic acids is 2. The minimum absolute atomic E-state index is 0.131. The van der Waals surface area contributed by atoms with Gasteiger partial charge in [0.15, 0.2) is 0 Å². The number of benzene rings is 1. The van der Waals surface area contributed by atoms with Gasteiger partial charge in [0.25, 0.3) is 0 Å². The fourth-order valence-corrected chi connectivity index (χ4v) is 1.45. The zero-order chi connectivity index (χ0) is 18.3. The van der Waals surface area contributed by atoms with Crippen LogP contribution in [0.15, 0.2) is 30.4 Å². The first-order valence-corrected chi connectivity index (χ1v) is 6.51. The Morgan fingerprint density at radius 2 is 1.67 bits per heavy atom. The minimum Gasteiger partial charge on any atom is -0.478 e. The number of rotatable bonds is 8. The molecule has 0 aliphatic rings. The van der Waals surface area contributed by atoms with E-state index in [0.717, 1.165) is 18.2 Å². The summed E-state index contributed by atoms with van der Waals surface area (Å²) in [6.45, 7) is 4.24. The zero-order valence-corrected chi connectivity index (χ0v) is 12.6. The smallest absolute Gasteiger partial charge is 0.368 e. The number of carboxylic acid groups (broad SMARTS) is 2. The molecule has 0 saturated heterocycles. The number of ether oxygens (including phenoxy) is 1. The molecule has 9 nitrogen and oxygen atoms in total. The summed E-state index contributed by atoms with van der Waals surface area (Å²) in [6.07, 6.45) is 0. The molecule has 0 aromatic heterocycles. The third kappa shape index (κ3) is 5.21. The van der Waals surface area contributed by atoms with Gasteiger partial charge in [-0.25, -0.2) is 19.2 Å². The van der Waals surface area contributed by atoms with E-state index in [2.05, 4.69) is 16.4 Å². The predicted molar refractivity (Wildman–Crippen MR) is 77.5 cm³/mol. The summed E-state index contributed by atoms with van der Waals surface area (Å²) in [5.41, 5.74) is -0.999. The number of hydrogen-bond donors (Lipinski definition) is 2. The Hall–Kier alpha value is -3.20. The maximum atomic E-state index is 11.8. The number of carboxylic acids is 2. The molecule has 0 heterocycles. The Balaban J connectivity index is 2.61. The summed E-state index contributed by atoms with van der Waals surface area (Å²) in [7, 11) is 0. The number of carbonyl (C=O) groups is 4. The lowest BCUT2D eigenvalue weighted by atomic mass is 10.0. The van der Waals surface area contributed by atoms with Gasteiger partial charge in [0, 0.05) is 5.57 Å². The number of hydrogen-bond acceptors (Lipinski definition) is 7. The molecule has 128 valence electrons. The van der Waals surface area contributed by atoms with Gasteiger partial charge in [-0.1, -0.05) is 6.58 Å². The summed E-state index contributed by atoms with van der Waals surface area (Å²) in [4.78, 5) is 53.5. The monoisotopic (exact) mass is 338 g/mol. The lowest BCUT2D eigenvalue weighted by Gasteiger charge is -2.07. The van der Waals surface area contributed by atoms with Crippen molar-refractivity contribution in [3.63, 3.8) is 0 Å². The average Bonchev–Trinajstić information content (AvgIpc) is 2.53. The fourth-order valence-electron chi connectivity index (χ4n) is 1.45. The summed E-state index contributed by atoms with van der Waals surface area (Å²) in [5.74, 6) is -4.57. The van der Waals surface area contributed by atoms with Gasteiger partial charge >= 0.3 is 23.9 Å². The van der Waals surface area contributed by atoms with E-state index in [1.807, 2.05) is 0 Å². The maximum Gasteiger partial charge on any atom is 0.368 e. The van der Waals surface area contributed by atoms with Crippen molar-refractivity contribution >= 4 is 23.9 Å². The number of esters is 1. The molecule has 0 aliphatic heterocycles. The largest absolute Gasteiger partial charge is 0.478 e. The van der Waals surface area contributed by atoms with Crippen LogP contribution >= 0.6 is 0 Å². The molecule has 0 amide bonds. The van der Waals surface area contributed by atoms with Gasteiger partial charge in [-0.05, 0) is 25.1 Å². The van der Waals surface area contributed by atoms with Gasteiger partial charge in [-0.15, -0.1) is 0 Å². The molecule has 1 aromatic rings. The summed E-state index contributed by atoms with van der Waals surface area (Å²) >= 11 is 0. The third-order valence-corrected chi connectivity index (χ3v) is 2.60. The highest BCUT2D eigenvalue weighted by atomic mass is 17.2. The Labute approximate surface area is 136 Å². The van der Waals surface area contributed by atoms with E-state index in [1.54, 1.807) is 0 Å². The second-order valence-electron chi connectivity index (χ2n) is 4.48.